The van der Waals surface area contributed by atoms with Gasteiger partial charge in [0.2, 0.25) is 16.0 Å². The van der Waals surface area contributed by atoms with E-state index < -0.39 is 15.8 Å². The standard InChI is InChI=1S/C19H20FN5O2S/c1-12-8-13(2)10-14(9-12)22-19-21-11-15(20)18(24-19)23-16-6-4-5-7-17(16)25-28(3,26)27/h4-11,25H,1-3H3,(H2,21,22,23,24). The van der Waals surface area contributed by atoms with Gasteiger partial charge in [0.1, 0.15) is 0 Å². The Morgan fingerprint density at radius 3 is 2.25 bits per heavy atom. The van der Waals surface area contributed by atoms with Crippen molar-refractivity contribution in [1.82, 2.24) is 9.97 Å². The predicted octanol–water partition coefficient (Wildman–Crippen LogP) is 4.09. The molecule has 0 aliphatic carbocycles. The molecule has 0 amide bonds. The molecule has 0 saturated carbocycles. The summed E-state index contributed by atoms with van der Waals surface area (Å²) in [6.07, 6.45) is 2.09. The Balaban J connectivity index is 1.89. The van der Waals surface area contributed by atoms with Crippen LogP contribution in [-0.4, -0.2) is 24.6 Å². The van der Waals surface area contributed by atoms with Gasteiger partial charge in [0.25, 0.3) is 0 Å². The van der Waals surface area contributed by atoms with E-state index in [1.165, 1.54) is 0 Å². The molecule has 0 radical (unpaired) electrons. The average molecular weight is 401 g/mol. The van der Waals surface area contributed by atoms with Crippen molar-refractivity contribution >= 4 is 38.9 Å². The number of hydrogen-bond donors (Lipinski definition) is 3. The van der Waals surface area contributed by atoms with Crippen LogP contribution >= 0.6 is 0 Å². The highest BCUT2D eigenvalue weighted by Crippen LogP contribution is 2.27. The van der Waals surface area contributed by atoms with E-state index in [-0.39, 0.29) is 17.5 Å². The van der Waals surface area contributed by atoms with Gasteiger partial charge in [0, 0.05) is 5.69 Å². The van der Waals surface area contributed by atoms with Crippen LogP contribution in [0.25, 0.3) is 0 Å². The van der Waals surface area contributed by atoms with E-state index in [0.29, 0.717) is 5.69 Å². The molecule has 0 aliphatic heterocycles. The van der Waals surface area contributed by atoms with Crippen molar-refractivity contribution < 1.29 is 12.8 Å². The lowest BCUT2D eigenvalue weighted by Gasteiger charge is -2.13. The first-order chi connectivity index (χ1) is 13.2. The van der Waals surface area contributed by atoms with Crippen LogP contribution in [0.15, 0.2) is 48.7 Å². The van der Waals surface area contributed by atoms with E-state index in [1.54, 1.807) is 24.3 Å². The Kier molecular flexibility index (Phi) is 5.46. The Bertz CT molecular complexity index is 1100. The first-order valence-corrected chi connectivity index (χ1v) is 10.3. The number of hydrogen-bond acceptors (Lipinski definition) is 6. The summed E-state index contributed by atoms with van der Waals surface area (Å²) in [6.45, 7) is 3.95. The quantitative estimate of drug-likeness (QED) is 0.576. The second-order valence-electron chi connectivity index (χ2n) is 6.44. The lowest BCUT2D eigenvalue weighted by Crippen LogP contribution is -2.11. The highest BCUT2D eigenvalue weighted by Gasteiger charge is 2.12. The molecule has 0 saturated heterocycles. The monoisotopic (exact) mass is 401 g/mol. The molecule has 7 nitrogen and oxygen atoms in total. The lowest BCUT2D eigenvalue weighted by atomic mass is 10.1. The van der Waals surface area contributed by atoms with Crippen molar-refractivity contribution in [2.75, 3.05) is 21.6 Å². The second kappa shape index (κ2) is 7.81. The number of aryl methyl sites for hydroxylation is 2. The third-order valence-corrected chi connectivity index (χ3v) is 4.29. The number of rotatable bonds is 6. The molecule has 0 aliphatic rings. The number of sulfonamides is 1. The van der Waals surface area contributed by atoms with E-state index in [2.05, 4.69) is 25.3 Å². The Morgan fingerprint density at radius 1 is 0.964 bits per heavy atom. The normalized spacial score (nSPS) is 11.1. The topological polar surface area (TPSA) is 96.0 Å². The Labute approximate surface area is 163 Å². The zero-order valence-corrected chi connectivity index (χ0v) is 16.4. The summed E-state index contributed by atoms with van der Waals surface area (Å²) in [6, 6.07) is 12.4. The fourth-order valence-corrected chi connectivity index (χ4v) is 3.28. The van der Waals surface area contributed by atoms with E-state index in [9.17, 15) is 12.8 Å². The lowest BCUT2D eigenvalue weighted by molar-refractivity contribution is 0.607. The first kappa shape index (κ1) is 19.6. The van der Waals surface area contributed by atoms with Crippen molar-refractivity contribution in [3.8, 4) is 0 Å². The molecular weight excluding hydrogens is 381 g/mol. The number of halogens is 1. The molecule has 2 aromatic carbocycles. The third-order valence-electron chi connectivity index (χ3n) is 3.70. The molecule has 1 heterocycles. The van der Waals surface area contributed by atoms with Crippen molar-refractivity contribution in [3.05, 3.63) is 65.6 Å². The number of benzene rings is 2. The van der Waals surface area contributed by atoms with Crippen molar-refractivity contribution in [2.45, 2.75) is 13.8 Å². The highest BCUT2D eigenvalue weighted by atomic mass is 32.2. The minimum Gasteiger partial charge on any atom is -0.336 e. The summed E-state index contributed by atoms with van der Waals surface area (Å²) in [4.78, 5) is 8.14. The van der Waals surface area contributed by atoms with Gasteiger partial charge in [-0.15, -0.1) is 0 Å². The van der Waals surface area contributed by atoms with Crippen molar-refractivity contribution in [2.24, 2.45) is 0 Å². The zero-order valence-electron chi connectivity index (χ0n) is 15.6. The highest BCUT2D eigenvalue weighted by molar-refractivity contribution is 7.92. The summed E-state index contributed by atoms with van der Waals surface area (Å²) in [7, 11) is -3.49. The van der Waals surface area contributed by atoms with Gasteiger partial charge in [-0.3, -0.25) is 4.72 Å². The fraction of sp³-hybridized carbons (Fsp3) is 0.158. The first-order valence-electron chi connectivity index (χ1n) is 8.41. The molecule has 0 bridgehead atoms. The van der Waals surface area contributed by atoms with Gasteiger partial charge in [-0.1, -0.05) is 18.2 Å². The maximum atomic E-state index is 14.2. The van der Waals surface area contributed by atoms with Gasteiger partial charge in [-0.2, -0.15) is 4.98 Å². The maximum Gasteiger partial charge on any atom is 0.229 e. The molecule has 3 rings (SSSR count). The van der Waals surface area contributed by atoms with Crippen LogP contribution in [0, 0.1) is 19.7 Å². The Hall–Kier alpha value is -3.20. The number of aromatic nitrogens is 2. The predicted molar refractivity (Wildman–Crippen MR) is 109 cm³/mol. The molecule has 0 atom stereocenters. The van der Waals surface area contributed by atoms with Crippen LogP contribution < -0.4 is 15.4 Å². The van der Waals surface area contributed by atoms with Gasteiger partial charge < -0.3 is 10.6 Å². The molecule has 3 N–H and O–H groups in total. The molecule has 3 aromatic rings. The number of nitrogens with zero attached hydrogens (tertiary/aromatic N) is 2. The SMILES string of the molecule is Cc1cc(C)cc(Nc2ncc(F)c(Nc3ccccc3NS(C)(=O)=O)n2)c1. The molecular formula is C19H20FN5O2S. The van der Waals surface area contributed by atoms with Gasteiger partial charge in [-0.25, -0.2) is 17.8 Å². The van der Waals surface area contributed by atoms with E-state index in [4.69, 9.17) is 0 Å². The van der Waals surface area contributed by atoms with E-state index >= 15 is 0 Å². The van der Waals surface area contributed by atoms with Gasteiger partial charge >= 0.3 is 0 Å². The van der Waals surface area contributed by atoms with Gasteiger partial charge in [0.05, 0.1) is 23.8 Å². The number of nitrogens with one attached hydrogen (secondary N) is 3. The fourth-order valence-electron chi connectivity index (χ4n) is 2.70. The molecule has 0 spiro atoms. The average Bonchev–Trinajstić information content (AvgIpc) is 2.57. The molecule has 9 heteroatoms. The van der Waals surface area contributed by atoms with Crippen LogP contribution in [0.3, 0.4) is 0 Å². The molecule has 0 unspecified atom stereocenters. The zero-order chi connectivity index (χ0) is 20.3. The summed E-state index contributed by atoms with van der Waals surface area (Å²) in [5, 5.41) is 5.87. The van der Waals surface area contributed by atoms with Crippen LogP contribution in [0.2, 0.25) is 0 Å². The minimum absolute atomic E-state index is 0.0790. The molecule has 1 aromatic heterocycles. The molecule has 0 fully saturated rings. The third kappa shape index (κ3) is 5.17. The summed E-state index contributed by atoms with van der Waals surface area (Å²) >= 11 is 0. The summed E-state index contributed by atoms with van der Waals surface area (Å²) < 4.78 is 39.7. The minimum atomic E-state index is -3.49. The van der Waals surface area contributed by atoms with Gasteiger partial charge in [0.15, 0.2) is 11.6 Å². The number of para-hydroxylation sites is 2. The summed E-state index contributed by atoms with van der Waals surface area (Å²) in [5.74, 6) is -0.535. The van der Waals surface area contributed by atoms with E-state index in [0.717, 1.165) is 29.3 Å². The van der Waals surface area contributed by atoms with Gasteiger partial charge in [-0.05, 0) is 49.2 Å². The van der Waals surface area contributed by atoms with Crippen LogP contribution in [0.4, 0.5) is 33.2 Å². The van der Waals surface area contributed by atoms with Crippen LogP contribution in [0.1, 0.15) is 11.1 Å². The number of anilines is 5. The summed E-state index contributed by atoms with van der Waals surface area (Å²) in [5.41, 5.74) is 3.58. The Morgan fingerprint density at radius 2 is 1.61 bits per heavy atom. The van der Waals surface area contributed by atoms with Crippen LogP contribution in [0.5, 0.6) is 0 Å². The molecule has 146 valence electrons. The van der Waals surface area contributed by atoms with E-state index in [1.807, 2.05) is 32.0 Å². The maximum absolute atomic E-state index is 14.2. The smallest absolute Gasteiger partial charge is 0.229 e. The van der Waals surface area contributed by atoms with Crippen molar-refractivity contribution in [1.29, 1.82) is 0 Å². The largest absolute Gasteiger partial charge is 0.336 e. The van der Waals surface area contributed by atoms with Crippen molar-refractivity contribution in [3.63, 3.8) is 0 Å². The molecule has 28 heavy (non-hydrogen) atoms. The van der Waals surface area contributed by atoms with Crippen LogP contribution in [-0.2, 0) is 10.0 Å². The second-order valence-corrected chi connectivity index (χ2v) is 8.18.